The summed E-state index contributed by atoms with van der Waals surface area (Å²) in [7, 11) is 0. The molecule has 0 fully saturated rings. The van der Waals surface area contributed by atoms with E-state index in [1.165, 1.54) is 11.6 Å². The van der Waals surface area contributed by atoms with Gasteiger partial charge in [-0.25, -0.2) is 0 Å². The Labute approximate surface area is 144 Å². The molecule has 2 nitrogen and oxygen atoms in total. The highest BCUT2D eigenvalue weighted by Crippen LogP contribution is 2.45. The Morgan fingerprint density at radius 1 is 1.35 bits per heavy atom. The summed E-state index contributed by atoms with van der Waals surface area (Å²) in [6, 6.07) is 3.10. The van der Waals surface area contributed by atoms with Gasteiger partial charge in [-0.3, -0.25) is 0 Å². The lowest BCUT2D eigenvalue weighted by molar-refractivity contribution is 0.423. The summed E-state index contributed by atoms with van der Waals surface area (Å²) in [5.74, 6) is 0.452. The van der Waals surface area contributed by atoms with Crippen LogP contribution in [-0.4, -0.2) is 10.2 Å². The van der Waals surface area contributed by atoms with Gasteiger partial charge in [0.1, 0.15) is 11.5 Å². The number of allylic oxidation sites excluding steroid dienone is 3. The van der Waals surface area contributed by atoms with Crippen LogP contribution in [0.3, 0.4) is 0 Å². The summed E-state index contributed by atoms with van der Waals surface area (Å²) in [4.78, 5) is 0. The third-order valence-corrected chi connectivity index (χ3v) is 4.82. The molecule has 2 heteroatoms. The Kier molecular flexibility index (Phi) is 4.60. The van der Waals surface area contributed by atoms with Crippen LogP contribution in [0.4, 0.5) is 0 Å². The van der Waals surface area contributed by atoms with Gasteiger partial charge >= 0.3 is 0 Å². The van der Waals surface area contributed by atoms with Gasteiger partial charge in [-0.05, 0) is 57.1 Å². The Morgan fingerprint density at radius 2 is 2.13 bits per heavy atom. The molecule has 1 aliphatic carbocycles. The van der Waals surface area contributed by atoms with E-state index in [9.17, 15) is 10.2 Å². The van der Waals surface area contributed by atoms with Crippen LogP contribution < -0.4 is 0 Å². The highest BCUT2D eigenvalue weighted by molar-refractivity contribution is 5.50. The largest absolute Gasteiger partial charge is 0.508 e. The lowest BCUT2D eigenvalue weighted by atomic mass is 9.72. The fourth-order valence-electron chi connectivity index (χ4n) is 3.62. The lowest BCUT2D eigenvalue weighted by Gasteiger charge is -2.32. The van der Waals surface area contributed by atoms with Crippen molar-refractivity contribution >= 4 is 0 Å². The monoisotopic (exact) mass is 317 g/mol. The zero-order valence-corrected chi connectivity index (χ0v) is 14.2. The highest BCUT2D eigenvalue weighted by atomic mass is 16.3. The second-order valence-electron chi connectivity index (χ2n) is 6.78. The molecule has 0 spiro atoms. The summed E-state index contributed by atoms with van der Waals surface area (Å²) in [6.45, 7) is 6.37. The Bertz CT molecular complexity index is 689. The summed E-state index contributed by atoms with van der Waals surface area (Å²) >= 11 is 0. The number of hydrogen-bond donors (Lipinski definition) is 2. The maximum absolute atomic E-state index is 10.6. The minimum Gasteiger partial charge on any atom is -0.508 e. The molecule has 2 rings (SSSR count). The number of phenols is 2. The average molecular weight is 317 g/mol. The van der Waals surface area contributed by atoms with Crippen molar-refractivity contribution in [1.29, 1.82) is 0 Å². The number of unbranched alkanes of at least 4 members (excludes halogenated alkanes) is 1. The Balaban J connectivity index is 2.31. The van der Waals surface area contributed by atoms with Crippen LogP contribution in [0.5, 0.6) is 11.5 Å². The molecule has 1 aliphatic rings. The first kappa shape index (κ1) is 13.7. The lowest BCUT2D eigenvalue weighted by Crippen LogP contribution is -2.18. The van der Waals surface area contributed by atoms with E-state index in [-0.39, 0.29) is 29.8 Å². The normalized spacial score (nSPS) is 23.6. The number of phenolic OH excluding ortho intramolecular Hbond substituents is 2. The van der Waals surface area contributed by atoms with E-state index in [4.69, 9.17) is 4.11 Å². The first-order valence-corrected chi connectivity index (χ1v) is 8.46. The molecule has 0 aliphatic heterocycles. The van der Waals surface area contributed by atoms with E-state index in [2.05, 4.69) is 19.6 Å². The van der Waals surface area contributed by atoms with E-state index in [0.717, 1.165) is 29.5 Å². The number of aromatic hydroxyl groups is 2. The van der Waals surface area contributed by atoms with Gasteiger partial charge in [-0.2, -0.15) is 0 Å². The fraction of sp³-hybridized carbons (Fsp3) is 0.524. The summed E-state index contributed by atoms with van der Waals surface area (Å²) in [5, 5.41) is 20.5. The number of benzene rings is 1. The van der Waals surface area contributed by atoms with E-state index in [1.54, 1.807) is 6.07 Å². The molecular formula is C21H30O2. The van der Waals surface area contributed by atoms with E-state index < -0.39 is 6.85 Å². The SMILES string of the molecule is [2H]C([2H])([2H])CCCCc1cc(O)cc(O)c1[C@@H]1C=C(C)CC[C@H]1C(=C)C. The van der Waals surface area contributed by atoms with Crippen molar-refractivity contribution in [3.05, 3.63) is 47.1 Å². The van der Waals surface area contributed by atoms with Gasteiger partial charge in [0.25, 0.3) is 0 Å². The van der Waals surface area contributed by atoms with Crippen molar-refractivity contribution in [2.24, 2.45) is 5.92 Å². The van der Waals surface area contributed by atoms with Crippen molar-refractivity contribution < 1.29 is 14.3 Å². The number of aryl methyl sites for hydroxylation is 1. The molecule has 1 aromatic carbocycles. The van der Waals surface area contributed by atoms with Crippen LogP contribution >= 0.6 is 0 Å². The van der Waals surface area contributed by atoms with Crippen molar-refractivity contribution in [3.8, 4) is 11.5 Å². The van der Waals surface area contributed by atoms with Crippen LogP contribution in [0, 0.1) is 5.92 Å². The predicted molar refractivity (Wildman–Crippen MR) is 97.0 cm³/mol. The minimum absolute atomic E-state index is 0.0412. The van der Waals surface area contributed by atoms with Crippen LogP contribution in [0.15, 0.2) is 35.9 Å². The standard InChI is InChI=1S/C21H30O2/c1-5-6-7-8-16-12-17(22)13-20(23)21(16)19-11-15(4)9-10-18(19)14(2)3/h11-13,18-19,22-23H,2,5-10H2,1,3-4H3/t18-,19+/m0/s1/i1D3. The predicted octanol–water partition coefficient (Wildman–Crippen LogP) is 5.85. The maximum atomic E-state index is 10.6. The van der Waals surface area contributed by atoms with Gasteiger partial charge in [-0.1, -0.05) is 43.5 Å². The minimum atomic E-state index is -1.90. The third-order valence-electron chi connectivity index (χ3n) is 4.82. The smallest absolute Gasteiger partial charge is 0.123 e. The van der Waals surface area contributed by atoms with Crippen molar-refractivity contribution in [2.75, 3.05) is 0 Å². The zero-order valence-electron chi connectivity index (χ0n) is 17.2. The molecule has 0 aromatic heterocycles. The van der Waals surface area contributed by atoms with Gasteiger partial charge in [0, 0.05) is 21.7 Å². The molecule has 0 unspecified atom stereocenters. The molecule has 0 saturated carbocycles. The number of rotatable bonds is 6. The Hall–Kier alpha value is -1.70. The summed E-state index contributed by atoms with van der Waals surface area (Å²) < 4.78 is 22.0. The van der Waals surface area contributed by atoms with Crippen LogP contribution in [0.25, 0.3) is 0 Å². The summed E-state index contributed by atoms with van der Waals surface area (Å²) in [5.41, 5.74) is 4.15. The molecular weight excluding hydrogens is 284 g/mol. The average Bonchev–Trinajstić information content (AvgIpc) is 2.49. The van der Waals surface area contributed by atoms with Crippen molar-refractivity contribution in [3.63, 3.8) is 0 Å². The van der Waals surface area contributed by atoms with Gasteiger partial charge in [0.05, 0.1) is 0 Å². The topological polar surface area (TPSA) is 40.5 Å². The first-order valence-electron chi connectivity index (χ1n) is 9.96. The van der Waals surface area contributed by atoms with Crippen molar-refractivity contribution in [1.82, 2.24) is 0 Å². The van der Waals surface area contributed by atoms with Crippen LogP contribution in [-0.2, 0) is 6.42 Å². The molecule has 23 heavy (non-hydrogen) atoms. The van der Waals surface area contributed by atoms with E-state index in [0.29, 0.717) is 19.3 Å². The summed E-state index contributed by atoms with van der Waals surface area (Å²) in [6.07, 6.45) is 6.36. The van der Waals surface area contributed by atoms with E-state index >= 15 is 0 Å². The van der Waals surface area contributed by atoms with Gasteiger partial charge in [0.2, 0.25) is 0 Å². The Morgan fingerprint density at radius 3 is 2.83 bits per heavy atom. The first-order chi connectivity index (χ1) is 12.1. The highest BCUT2D eigenvalue weighted by Gasteiger charge is 2.29. The molecule has 0 amide bonds. The van der Waals surface area contributed by atoms with Gasteiger partial charge < -0.3 is 10.2 Å². The van der Waals surface area contributed by atoms with Crippen LogP contribution in [0.2, 0.25) is 0 Å². The zero-order chi connectivity index (χ0) is 19.5. The molecule has 1 aromatic rings. The molecule has 0 bridgehead atoms. The molecule has 2 N–H and O–H groups in total. The second-order valence-corrected chi connectivity index (χ2v) is 6.78. The fourth-order valence-corrected chi connectivity index (χ4v) is 3.62. The number of hydrogen-bond acceptors (Lipinski definition) is 2. The van der Waals surface area contributed by atoms with E-state index in [1.807, 2.05) is 6.92 Å². The van der Waals surface area contributed by atoms with Gasteiger partial charge in [0.15, 0.2) is 0 Å². The molecule has 0 radical (unpaired) electrons. The van der Waals surface area contributed by atoms with Gasteiger partial charge in [-0.15, -0.1) is 0 Å². The third kappa shape index (κ3) is 4.19. The molecule has 0 heterocycles. The quantitative estimate of drug-likeness (QED) is 0.510. The van der Waals surface area contributed by atoms with Crippen LogP contribution in [0.1, 0.15) is 74.0 Å². The molecule has 126 valence electrons. The second kappa shape index (κ2) is 7.72. The molecule has 0 saturated heterocycles. The van der Waals surface area contributed by atoms with Crippen molar-refractivity contribution in [2.45, 2.75) is 65.1 Å². The maximum Gasteiger partial charge on any atom is 0.123 e. The molecule has 2 atom stereocenters.